The zero-order valence-electron chi connectivity index (χ0n) is 23.7. The molecule has 1 saturated heterocycles. The molecule has 0 radical (unpaired) electrons. The molecule has 0 saturated carbocycles. The van der Waals surface area contributed by atoms with E-state index in [0.717, 1.165) is 66.1 Å². The number of piperazine rings is 1. The molecule has 3 heterocycles. The van der Waals surface area contributed by atoms with E-state index in [1.807, 2.05) is 54.1 Å². The lowest BCUT2D eigenvalue weighted by atomic mass is 9.99. The highest BCUT2D eigenvalue weighted by atomic mass is 16.5. The Labute approximate surface area is 239 Å². The van der Waals surface area contributed by atoms with Gasteiger partial charge in [0.15, 0.2) is 5.82 Å². The van der Waals surface area contributed by atoms with E-state index in [1.165, 1.54) is 5.56 Å². The van der Waals surface area contributed by atoms with Crippen molar-refractivity contribution in [2.24, 2.45) is 0 Å². The molecule has 210 valence electrons. The van der Waals surface area contributed by atoms with Gasteiger partial charge in [-0.2, -0.15) is 0 Å². The number of anilines is 1. The predicted octanol–water partition coefficient (Wildman–Crippen LogP) is 4.29. The van der Waals surface area contributed by atoms with Crippen LogP contribution in [0, 0.1) is 13.8 Å². The summed E-state index contributed by atoms with van der Waals surface area (Å²) in [5.41, 5.74) is 5.94. The minimum absolute atomic E-state index is 0.107. The summed E-state index contributed by atoms with van der Waals surface area (Å²) in [7, 11) is 1.69. The SMILES string of the molecule is COc1cccc(N2CCN([C@H](c3cc4c(C)ccc(C)c4[nH]c3=O)c3nnnn3CCc3ccccc3)CC2)c1. The summed E-state index contributed by atoms with van der Waals surface area (Å²) < 4.78 is 7.31. The Bertz CT molecular complexity index is 1700. The van der Waals surface area contributed by atoms with E-state index in [-0.39, 0.29) is 11.6 Å². The molecule has 1 fully saturated rings. The Balaban J connectivity index is 1.36. The first-order valence-electron chi connectivity index (χ1n) is 14.1. The largest absolute Gasteiger partial charge is 0.497 e. The maximum absolute atomic E-state index is 13.7. The first-order chi connectivity index (χ1) is 20.0. The third-order valence-electron chi connectivity index (χ3n) is 8.12. The minimum Gasteiger partial charge on any atom is -0.497 e. The van der Waals surface area contributed by atoms with Gasteiger partial charge in [-0.1, -0.05) is 48.5 Å². The van der Waals surface area contributed by atoms with Gasteiger partial charge in [-0.3, -0.25) is 9.69 Å². The Kier molecular flexibility index (Phi) is 7.52. The van der Waals surface area contributed by atoms with E-state index < -0.39 is 0 Å². The second-order valence-corrected chi connectivity index (χ2v) is 10.7. The summed E-state index contributed by atoms with van der Waals surface area (Å²) in [5, 5.41) is 14.0. The average Bonchev–Trinajstić information content (AvgIpc) is 3.47. The summed E-state index contributed by atoms with van der Waals surface area (Å²) in [6, 6.07) is 24.3. The van der Waals surface area contributed by atoms with E-state index in [0.29, 0.717) is 17.9 Å². The molecule has 1 aliphatic heterocycles. The van der Waals surface area contributed by atoms with E-state index in [2.05, 4.69) is 67.6 Å². The number of benzene rings is 3. The van der Waals surface area contributed by atoms with Crippen LogP contribution in [0.4, 0.5) is 5.69 Å². The highest BCUT2D eigenvalue weighted by Gasteiger charge is 2.33. The summed E-state index contributed by atoms with van der Waals surface area (Å²) in [5.74, 6) is 1.53. The first kappa shape index (κ1) is 26.7. The number of nitrogens with one attached hydrogen (secondary N) is 1. The number of methoxy groups -OCH3 is 1. The van der Waals surface area contributed by atoms with Crippen LogP contribution in [-0.4, -0.2) is 63.4 Å². The van der Waals surface area contributed by atoms with Gasteiger partial charge in [-0.05, 0) is 65.6 Å². The number of H-pyrrole nitrogens is 1. The van der Waals surface area contributed by atoms with Crippen molar-refractivity contribution in [3.63, 3.8) is 0 Å². The highest BCUT2D eigenvalue weighted by molar-refractivity contribution is 5.85. The Hall–Kier alpha value is -4.50. The van der Waals surface area contributed by atoms with Crippen LogP contribution in [0.2, 0.25) is 0 Å². The van der Waals surface area contributed by atoms with E-state index in [9.17, 15) is 4.79 Å². The zero-order valence-corrected chi connectivity index (χ0v) is 23.7. The van der Waals surface area contributed by atoms with E-state index in [4.69, 9.17) is 4.74 Å². The number of hydrogen-bond acceptors (Lipinski definition) is 7. The molecule has 1 aliphatic rings. The van der Waals surface area contributed by atoms with Crippen molar-refractivity contribution in [1.82, 2.24) is 30.1 Å². The van der Waals surface area contributed by atoms with Crippen LogP contribution >= 0.6 is 0 Å². The van der Waals surface area contributed by atoms with Crippen molar-refractivity contribution in [3.8, 4) is 5.75 Å². The third kappa shape index (κ3) is 5.45. The molecule has 0 aliphatic carbocycles. The maximum Gasteiger partial charge on any atom is 0.253 e. The molecule has 0 spiro atoms. The smallest absolute Gasteiger partial charge is 0.253 e. The second kappa shape index (κ2) is 11.5. The minimum atomic E-state index is -0.388. The molecule has 0 unspecified atom stereocenters. The molecule has 0 amide bonds. The van der Waals surface area contributed by atoms with Crippen LogP contribution in [0.3, 0.4) is 0 Å². The molecular weight excluding hydrogens is 514 g/mol. The highest BCUT2D eigenvalue weighted by Crippen LogP contribution is 2.31. The Morgan fingerprint density at radius 2 is 1.71 bits per heavy atom. The van der Waals surface area contributed by atoms with E-state index in [1.54, 1.807) is 7.11 Å². The molecule has 2 aromatic heterocycles. The molecule has 3 aromatic carbocycles. The Morgan fingerprint density at radius 1 is 0.927 bits per heavy atom. The summed E-state index contributed by atoms with van der Waals surface area (Å²) in [4.78, 5) is 21.6. The first-order valence-corrected chi connectivity index (χ1v) is 14.1. The summed E-state index contributed by atoms with van der Waals surface area (Å²) in [6.07, 6.45) is 0.793. The van der Waals surface area contributed by atoms with Gasteiger partial charge in [0.2, 0.25) is 0 Å². The molecule has 5 aromatic rings. The molecule has 41 heavy (non-hydrogen) atoms. The summed E-state index contributed by atoms with van der Waals surface area (Å²) >= 11 is 0. The number of aryl methyl sites for hydroxylation is 4. The van der Waals surface area contributed by atoms with Gasteiger partial charge in [-0.15, -0.1) is 5.10 Å². The molecule has 0 bridgehead atoms. The molecule has 9 nitrogen and oxygen atoms in total. The van der Waals surface area contributed by atoms with Crippen LogP contribution < -0.4 is 15.2 Å². The number of rotatable bonds is 8. The van der Waals surface area contributed by atoms with Crippen molar-refractivity contribution in [2.45, 2.75) is 32.9 Å². The van der Waals surface area contributed by atoms with Gasteiger partial charge in [0.05, 0.1) is 12.6 Å². The Morgan fingerprint density at radius 3 is 2.49 bits per heavy atom. The molecule has 9 heteroatoms. The zero-order chi connectivity index (χ0) is 28.3. The fourth-order valence-electron chi connectivity index (χ4n) is 5.79. The van der Waals surface area contributed by atoms with Gasteiger partial charge in [0, 0.05) is 55.4 Å². The van der Waals surface area contributed by atoms with Gasteiger partial charge in [0.1, 0.15) is 11.8 Å². The number of aromatic nitrogens is 5. The fourth-order valence-corrected chi connectivity index (χ4v) is 5.79. The van der Waals surface area contributed by atoms with Crippen LogP contribution in [0.15, 0.2) is 77.6 Å². The number of hydrogen-bond donors (Lipinski definition) is 1. The lowest BCUT2D eigenvalue weighted by Crippen LogP contribution is -2.49. The number of aromatic amines is 1. The maximum atomic E-state index is 13.7. The normalized spacial score (nSPS) is 14.9. The molecule has 1 atom stereocenters. The molecule has 1 N–H and O–H groups in total. The van der Waals surface area contributed by atoms with Crippen molar-refractivity contribution in [1.29, 1.82) is 0 Å². The van der Waals surface area contributed by atoms with Gasteiger partial charge in [0.25, 0.3) is 5.56 Å². The van der Waals surface area contributed by atoms with Crippen LogP contribution in [0.1, 0.15) is 34.1 Å². The quantitative estimate of drug-likeness (QED) is 0.309. The number of nitrogens with zero attached hydrogens (tertiary/aromatic N) is 6. The van der Waals surface area contributed by atoms with E-state index >= 15 is 0 Å². The van der Waals surface area contributed by atoms with Crippen molar-refractivity contribution in [2.75, 3.05) is 38.2 Å². The van der Waals surface area contributed by atoms with Crippen molar-refractivity contribution in [3.05, 3.63) is 111 Å². The monoisotopic (exact) mass is 549 g/mol. The summed E-state index contributed by atoms with van der Waals surface area (Å²) in [6.45, 7) is 7.83. The molecular formula is C32H35N7O2. The standard InChI is InChI=1S/C32H35N7O2/c1-22-12-13-23(2)29-27(22)21-28(32(40)33-29)30(31-34-35-36-39(31)15-14-24-8-5-4-6-9-24)38-18-16-37(17-19-38)25-10-7-11-26(20-25)41-3/h4-13,20-21,30H,14-19H2,1-3H3,(H,33,40)/t30-/m1/s1. The lowest BCUT2D eigenvalue weighted by Gasteiger charge is -2.39. The lowest BCUT2D eigenvalue weighted by molar-refractivity contribution is 0.199. The van der Waals surface area contributed by atoms with Crippen LogP contribution in [0.25, 0.3) is 10.9 Å². The number of ether oxygens (including phenoxy) is 1. The third-order valence-corrected chi connectivity index (χ3v) is 8.12. The predicted molar refractivity (Wildman–Crippen MR) is 161 cm³/mol. The molecule has 6 rings (SSSR count). The van der Waals surface area contributed by atoms with Crippen LogP contribution in [-0.2, 0) is 13.0 Å². The second-order valence-electron chi connectivity index (χ2n) is 10.7. The topological polar surface area (TPSA) is 92.2 Å². The van der Waals surface area contributed by atoms with Crippen LogP contribution in [0.5, 0.6) is 5.75 Å². The van der Waals surface area contributed by atoms with Gasteiger partial charge >= 0.3 is 0 Å². The average molecular weight is 550 g/mol. The fraction of sp³-hybridized carbons (Fsp3) is 0.312. The van der Waals surface area contributed by atoms with Crippen molar-refractivity contribution >= 4 is 16.6 Å². The number of tetrazole rings is 1. The van der Waals surface area contributed by atoms with Gasteiger partial charge < -0.3 is 14.6 Å². The van der Waals surface area contributed by atoms with Gasteiger partial charge in [-0.25, -0.2) is 4.68 Å². The number of fused-ring (bicyclic) bond motifs is 1. The number of pyridine rings is 1. The van der Waals surface area contributed by atoms with Crippen molar-refractivity contribution < 1.29 is 4.74 Å².